The van der Waals surface area contributed by atoms with Crippen molar-refractivity contribution in [3.63, 3.8) is 0 Å². The summed E-state index contributed by atoms with van der Waals surface area (Å²) in [7, 11) is 0. The Labute approximate surface area is 109 Å². The number of halogens is 1. The van der Waals surface area contributed by atoms with Crippen molar-refractivity contribution in [3.8, 4) is 0 Å². The number of carbonyl (C=O) groups is 1. The zero-order valence-corrected chi connectivity index (χ0v) is 11.0. The first-order chi connectivity index (χ1) is 8.18. The maximum Gasteiger partial charge on any atom is 0.239 e. The van der Waals surface area contributed by atoms with Crippen LogP contribution in [0.1, 0.15) is 11.6 Å². The van der Waals surface area contributed by atoms with Gasteiger partial charge in [0.15, 0.2) is 0 Å². The van der Waals surface area contributed by atoms with E-state index < -0.39 is 0 Å². The average molecular weight is 299 g/mol. The molecular formula is C11H15BrN4O. The number of hydrogen-bond acceptors (Lipinski definition) is 4. The minimum Gasteiger partial charge on any atom is -0.368 e. The van der Waals surface area contributed by atoms with Crippen LogP contribution in [0.5, 0.6) is 0 Å². The lowest BCUT2D eigenvalue weighted by atomic mass is 10.1. The van der Waals surface area contributed by atoms with Crippen LogP contribution in [0.25, 0.3) is 0 Å². The molecular weight excluding hydrogens is 284 g/mol. The summed E-state index contributed by atoms with van der Waals surface area (Å²) in [6.07, 6.45) is 3.39. The van der Waals surface area contributed by atoms with Crippen LogP contribution in [-0.2, 0) is 4.79 Å². The van der Waals surface area contributed by atoms with Crippen molar-refractivity contribution in [1.29, 1.82) is 0 Å². The molecule has 1 unspecified atom stereocenters. The smallest absolute Gasteiger partial charge is 0.239 e. The van der Waals surface area contributed by atoms with E-state index in [1.807, 2.05) is 6.07 Å². The first kappa shape index (κ1) is 12.5. The van der Waals surface area contributed by atoms with Crippen LogP contribution >= 0.6 is 15.9 Å². The quantitative estimate of drug-likeness (QED) is 0.841. The van der Waals surface area contributed by atoms with Crippen LogP contribution < -0.4 is 11.1 Å². The summed E-state index contributed by atoms with van der Waals surface area (Å²) in [6, 6.07) is 1.51. The van der Waals surface area contributed by atoms with Gasteiger partial charge in [0.05, 0.1) is 0 Å². The van der Waals surface area contributed by atoms with Crippen LogP contribution in [0, 0.1) is 0 Å². The number of nitrogens with one attached hydrogen (secondary N) is 1. The number of nitrogens with zero attached hydrogens (tertiary/aromatic N) is 2. The first-order valence-electron chi connectivity index (χ1n) is 5.53. The number of primary amides is 1. The van der Waals surface area contributed by atoms with E-state index in [1.54, 1.807) is 12.4 Å². The number of piperazine rings is 1. The van der Waals surface area contributed by atoms with Crippen LogP contribution in [0.4, 0.5) is 0 Å². The Morgan fingerprint density at radius 3 is 2.76 bits per heavy atom. The number of aromatic nitrogens is 1. The molecule has 1 aromatic heterocycles. The zero-order valence-electron chi connectivity index (χ0n) is 9.40. The van der Waals surface area contributed by atoms with Crippen molar-refractivity contribution in [2.45, 2.75) is 6.04 Å². The van der Waals surface area contributed by atoms with Crippen molar-refractivity contribution in [3.05, 3.63) is 28.5 Å². The number of nitrogens with two attached hydrogens (primary N) is 1. The first-order valence-corrected chi connectivity index (χ1v) is 6.32. The Morgan fingerprint density at radius 1 is 1.47 bits per heavy atom. The summed E-state index contributed by atoms with van der Waals surface area (Å²) in [6.45, 7) is 3.40. The third-order valence-electron chi connectivity index (χ3n) is 2.83. The minimum atomic E-state index is -0.387. The largest absolute Gasteiger partial charge is 0.368 e. The summed E-state index contributed by atoms with van der Waals surface area (Å²) in [5, 5.41) is 3.25. The summed E-state index contributed by atoms with van der Waals surface area (Å²) in [5.41, 5.74) is 6.35. The molecule has 0 aromatic carbocycles. The molecule has 0 bridgehead atoms. The Balaban J connectivity index is 2.25. The monoisotopic (exact) mass is 298 g/mol. The number of pyridine rings is 1. The minimum absolute atomic E-state index is 0.327. The molecule has 1 amide bonds. The lowest BCUT2D eigenvalue weighted by Gasteiger charge is -2.33. The van der Waals surface area contributed by atoms with Gasteiger partial charge >= 0.3 is 0 Å². The van der Waals surface area contributed by atoms with Crippen LogP contribution in [0.15, 0.2) is 22.9 Å². The highest BCUT2D eigenvalue weighted by molar-refractivity contribution is 9.10. The summed E-state index contributed by atoms with van der Waals surface area (Å²) in [4.78, 5) is 17.8. The molecule has 1 saturated heterocycles. The standard InChI is InChI=1S/C11H15BrN4O/c12-9-5-8(6-15-7-9)10(11(13)17)16-3-1-14-2-4-16/h5-7,10,14H,1-4H2,(H2,13,17). The molecule has 3 N–H and O–H groups in total. The molecule has 2 heterocycles. The zero-order chi connectivity index (χ0) is 12.3. The van der Waals surface area contributed by atoms with E-state index in [2.05, 4.69) is 31.1 Å². The molecule has 1 aromatic rings. The Morgan fingerprint density at radius 2 is 2.18 bits per heavy atom. The van der Waals surface area contributed by atoms with Crippen molar-refractivity contribution < 1.29 is 4.79 Å². The normalized spacial score (nSPS) is 18.9. The van der Waals surface area contributed by atoms with Crippen LogP contribution in [-0.4, -0.2) is 42.0 Å². The van der Waals surface area contributed by atoms with Gasteiger partial charge in [-0.3, -0.25) is 14.7 Å². The van der Waals surface area contributed by atoms with E-state index in [0.717, 1.165) is 36.2 Å². The summed E-state index contributed by atoms with van der Waals surface area (Å²) < 4.78 is 0.858. The predicted octanol–water partition coefficient (Wildman–Crippen LogP) is 0.276. The van der Waals surface area contributed by atoms with E-state index in [-0.39, 0.29) is 11.9 Å². The number of rotatable bonds is 3. The van der Waals surface area contributed by atoms with E-state index in [4.69, 9.17) is 5.73 Å². The van der Waals surface area contributed by atoms with Crippen molar-refractivity contribution in [2.75, 3.05) is 26.2 Å². The van der Waals surface area contributed by atoms with Gasteiger partial charge in [0.25, 0.3) is 0 Å². The maximum atomic E-state index is 11.6. The molecule has 0 spiro atoms. The van der Waals surface area contributed by atoms with E-state index in [9.17, 15) is 4.79 Å². The number of amides is 1. The fourth-order valence-electron chi connectivity index (χ4n) is 2.07. The van der Waals surface area contributed by atoms with Crippen molar-refractivity contribution >= 4 is 21.8 Å². The molecule has 1 aliphatic rings. The van der Waals surface area contributed by atoms with Gasteiger partial charge in [0.1, 0.15) is 6.04 Å². The SMILES string of the molecule is NC(=O)C(c1cncc(Br)c1)N1CCNCC1. The number of hydrogen-bond donors (Lipinski definition) is 2. The van der Waals surface area contributed by atoms with Gasteiger partial charge in [-0.25, -0.2) is 0 Å². The van der Waals surface area contributed by atoms with Gasteiger partial charge in [0, 0.05) is 43.0 Å². The topological polar surface area (TPSA) is 71.2 Å². The molecule has 1 fully saturated rings. The molecule has 5 nitrogen and oxygen atoms in total. The molecule has 0 aliphatic carbocycles. The van der Waals surface area contributed by atoms with Gasteiger partial charge in [-0.2, -0.15) is 0 Å². The molecule has 17 heavy (non-hydrogen) atoms. The van der Waals surface area contributed by atoms with Gasteiger partial charge in [-0.1, -0.05) is 0 Å². The van der Waals surface area contributed by atoms with E-state index >= 15 is 0 Å². The van der Waals surface area contributed by atoms with Crippen molar-refractivity contribution in [2.24, 2.45) is 5.73 Å². The Bertz CT molecular complexity index is 406. The lowest BCUT2D eigenvalue weighted by Crippen LogP contribution is -2.48. The highest BCUT2D eigenvalue weighted by Crippen LogP contribution is 2.22. The molecule has 2 rings (SSSR count). The number of carbonyl (C=O) groups excluding carboxylic acids is 1. The molecule has 1 atom stereocenters. The molecule has 1 aliphatic heterocycles. The van der Waals surface area contributed by atoms with Crippen LogP contribution in [0.3, 0.4) is 0 Å². The highest BCUT2D eigenvalue weighted by Gasteiger charge is 2.27. The Hall–Kier alpha value is -0.980. The van der Waals surface area contributed by atoms with Gasteiger partial charge in [-0.15, -0.1) is 0 Å². The average Bonchev–Trinajstić information content (AvgIpc) is 2.30. The van der Waals surface area contributed by atoms with Gasteiger partial charge in [0.2, 0.25) is 5.91 Å². The van der Waals surface area contributed by atoms with E-state index in [0.29, 0.717) is 0 Å². The van der Waals surface area contributed by atoms with Crippen molar-refractivity contribution in [1.82, 2.24) is 15.2 Å². The summed E-state index contributed by atoms with van der Waals surface area (Å²) in [5.74, 6) is -0.327. The predicted molar refractivity (Wildman–Crippen MR) is 68.3 cm³/mol. The lowest BCUT2D eigenvalue weighted by molar-refractivity contribution is -0.123. The fourth-order valence-corrected chi connectivity index (χ4v) is 2.46. The molecule has 0 saturated carbocycles. The third-order valence-corrected chi connectivity index (χ3v) is 3.26. The fraction of sp³-hybridized carbons (Fsp3) is 0.455. The molecule has 92 valence electrons. The molecule has 0 radical (unpaired) electrons. The third kappa shape index (κ3) is 3.02. The second-order valence-corrected chi connectivity index (χ2v) is 4.94. The summed E-state index contributed by atoms with van der Waals surface area (Å²) >= 11 is 3.36. The molecule has 6 heteroatoms. The van der Waals surface area contributed by atoms with Gasteiger partial charge < -0.3 is 11.1 Å². The highest BCUT2D eigenvalue weighted by atomic mass is 79.9. The second kappa shape index (κ2) is 5.57. The maximum absolute atomic E-state index is 11.6. The second-order valence-electron chi connectivity index (χ2n) is 4.03. The van der Waals surface area contributed by atoms with Crippen LogP contribution in [0.2, 0.25) is 0 Å². The van der Waals surface area contributed by atoms with Gasteiger partial charge in [-0.05, 0) is 27.6 Å². The Kier molecular flexibility index (Phi) is 4.09. The van der Waals surface area contributed by atoms with E-state index in [1.165, 1.54) is 0 Å².